The summed E-state index contributed by atoms with van der Waals surface area (Å²) in [5.74, 6) is 0.306. The lowest BCUT2D eigenvalue weighted by Crippen LogP contribution is -2.36. The Kier molecular flexibility index (Phi) is 6.20. The quantitative estimate of drug-likeness (QED) is 0.585. The molecule has 0 aliphatic carbocycles. The van der Waals surface area contributed by atoms with Gasteiger partial charge < -0.3 is 19.5 Å². The lowest BCUT2D eigenvalue weighted by molar-refractivity contribution is -0.137. The van der Waals surface area contributed by atoms with Crippen LogP contribution < -0.4 is 10.9 Å². The summed E-state index contributed by atoms with van der Waals surface area (Å²) < 4.78 is 45.6. The number of carbonyl (C=O) groups is 1. The molecule has 1 aliphatic heterocycles. The normalized spacial score (nSPS) is 16.5. The molecule has 1 atom stereocenters. The van der Waals surface area contributed by atoms with E-state index in [-0.39, 0.29) is 17.0 Å². The lowest BCUT2D eigenvalue weighted by Gasteiger charge is -2.24. The average molecular weight is 489 g/mol. The standard InChI is InChI=1S/C24H26F3N5O3/c1-23(2,3)35-22(34)32-10-9-16(12-32)30-20-18-19(29-13-31(4)21(18)33)17(11-28-20)14-5-7-15(8-6-14)24(25,26)27/h5-8,11,13,16H,9-10,12H2,1-4H3,(H,28,30)/t16-/m0/s1. The lowest BCUT2D eigenvalue weighted by atomic mass is 10.0. The number of nitrogens with one attached hydrogen (secondary N) is 1. The maximum Gasteiger partial charge on any atom is 0.416 e. The Hall–Kier alpha value is -3.63. The van der Waals surface area contributed by atoms with E-state index in [1.54, 1.807) is 32.7 Å². The van der Waals surface area contributed by atoms with Crippen LogP contribution in [0.3, 0.4) is 0 Å². The van der Waals surface area contributed by atoms with Crippen molar-refractivity contribution in [1.29, 1.82) is 0 Å². The molecule has 1 saturated heterocycles. The van der Waals surface area contributed by atoms with Crippen LogP contribution in [0.15, 0.2) is 41.6 Å². The molecule has 1 fully saturated rings. The number of alkyl halides is 3. The number of ether oxygens (including phenoxy) is 1. The Morgan fingerprint density at radius 3 is 2.46 bits per heavy atom. The number of anilines is 1. The predicted molar refractivity (Wildman–Crippen MR) is 125 cm³/mol. The van der Waals surface area contributed by atoms with Crippen molar-refractivity contribution in [3.63, 3.8) is 0 Å². The van der Waals surface area contributed by atoms with Gasteiger partial charge in [-0.25, -0.2) is 14.8 Å². The van der Waals surface area contributed by atoms with Gasteiger partial charge in [0.2, 0.25) is 0 Å². The third-order valence-corrected chi connectivity index (χ3v) is 5.65. The number of halogens is 3. The summed E-state index contributed by atoms with van der Waals surface area (Å²) in [5.41, 5.74) is -0.491. The third kappa shape index (κ3) is 5.23. The summed E-state index contributed by atoms with van der Waals surface area (Å²) in [6.45, 7) is 6.26. The summed E-state index contributed by atoms with van der Waals surface area (Å²) in [6, 6.07) is 4.47. The Balaban J connectivity index is 1.65. The molecule has 1 aliphatic rings. The van der Waals surface area contributed by atoms with Crippen LogP contribution in [0, 0.1) is 0 Å². The number of hydrogen-bond acceptors (Lipinski definition) is 6. The second-order valence-electron chi connectivity index (χ2n) is 9.54. The number of rotatable bonds is 3. The highest BCUT2D eigenvalue weighted by Gasteiger charge is 2.31. The SMILES string of the molecule is Cn1cnc2c(-c3ccc(C(F)(F)F)cc3)cnc(N[C@H]3CCN(C(=O)OC(C)(C)C)C3)c2c1=O. The second-order valence-corrected chi connectivity index (χ2v) is 9.54. The van der Waals surface area contributed by atoms with Gasteiger partial charge in [-0.1, -0.05) is 12.1 Å². The van der Waals surface area contributed by atoms with Crippen LogP contribution in [0.25, 0.3) is 22.0 Å². The molecule has 0 radical (unpaired) electrons. The number of benzene rings is 1. The molecule has 8 nitrogen and oxygen atoms in total. The van der Waals surface area contributed by atoms with Gasteiger partial charge in [-0.3, -0.25) is 4.79 Å². The smallest absolute Gasteiger partial charge is 0.416 e. The summed E-state index contributed by atoms with van der Waals surface area (Å²) in [6.07, 6.45) is -1.38. The van der Waals surface area contributed by atoms with Crippen molar-refractivity contribution in [3.8, 4) is 11.1 Å². The molecule has 0 saturated carbocycles. The first-order chi connectivity index (χ1) is 16.3. The highest BCUT2D eigenvalue weighted by atomic mass is 19.4. The molecule has 4 rings (SSSR count). The van der Waals surface area contributed by atoms with E-state index in [4.69, 9.17) is 4.74 Å². The van der Waals surface area contributed by atoms with Gasteiger partial charge in [-0.05, 0) is 44.9 Å². The zero-order valence-corrected chi connectivity index (χ0v) is 19.8. The first-order valence-electron chi connectivity index (χ1n) is 11.1. The number of likely N-dealkylation sites (tertiary alicyclic amines) is 1. The highest BCUT2D eigenvalue weighted by molar-refractivity contribution is 5.98. The van der Waals surface area contributed by atoms with E-state index < -0.39 is 23.4 Å². The van der Waals surface area contributed by atoms with E-state index in [1.807, 2.05) is 0 Å². The summed E-state index contributed by atoms with van der Waals surface area (Å²) in [5, 5.41) is 3.47. The summed E-state index contributed by atoms with van der Waals surface area (Å²) in [4.78, 5) is 35.8. The number of carbonyl (C=O) groups excluding carboxylic acids is 1. The maximum atomic E-state index is 13.0. The fraction of sp³-hybridized carbons (Fsp3) is 0.417. The predicted octanol–water partition coefficient (Wildman–Crippen LogP) is 4.44. The number of amides is 1. The van der Waals surface area contributed by atoms with Gasteiger partial charge in [0.1, 0.15) is 16.8 Å². The van der Waals surface area contributed by atoms with Gasteiger partial charge >= 0.3 is 12.3 Å². The number of aryl methyl sites for hydroxylation is 1. The van der Waals surface area contributed by atoms with Crippen molar-refractivity contribution in [2.24, 2.45) is 7.05 Å². The Morgan fingerprint density at radius 1 is 1.14 bits per heavy atom. The van der Waals surface area contributed by atoms with Gasteiger partial charge in [0, 0.05) is 37.9 Å². The van der Waals surface area contributed by atoms with Crippen LogP contribution >= 0.6 is 0 Å². The zero-order chi connectivity index (χ0) is 25.5. The minimum absolute atomic E-state index is 0.167. The summed E-state index contributed by atoms with van der Waals surface area (Å²) >= 11 is 0. The fourth-order valence-electron chi connectivity index (χ4n) is 3.93. The van der Waals surface area contributed by atoms with Crippen molar-refractivity contribution >= 4 is 22.8 Å². The van der Waals surface area contributed by atoms with E-state index in [0.29, 0.717) is 42.0 Å². The topological polar surface area (TPSA) is 89.3 Å². The summed E-state index contributed by atoms with van der Waals surface area (Å²) in [7, 11) is 1.56. The molecule has 3 aromatic rings. The molecule has 11 heteroatoms. The molecule has 0 spiro atoms. The highest BCUT2D eigenvalue weighted by Crippen LogP contribution is 2.33. The van der Waals surface area contributed by atoms with Crippen LogP contribution in [0.1, 0.15) is 32.8 Å². The Bertz CT molecular complexity index is 1310. The van der Waals surface area contributed by atoms with Gasteiger partial charge in [-0.15, -0.1) is 0 Å². The van der Waals surface area contributed by atoms with Crippen LogP contribution in [0.5, 0.6) is 0 Å². The molecule has 1 amide bonds. The van der Waals surface area contributed by atoms with Crippen LogP contribution in [0.2, 0.25) is 0 Å². The number of aromatic nitrogens is 3. The number of fused-ring (bicyclic) bond motifs is 1. The number of nitrogens with zero attached hydrogens (tertiary/aromatic N) is 4. The molecular weight excluding hydrogens is 463 g/mol. The van der Waals surface area contributed by atoms with Crippen molar-refractivity contribution in [2.75, 3.05) is 18.4 Å². The minimum Gasteiger partial charge on any atom is -0.444 e. The molecule has 2 aromatic heterocycles. The monoisotopic (exact) mass is 489 g/mol. The molecule has 186 valence electrons. The van der Waals surface area contributed by atoms with Crippen LogP contribution in [-0.2, 0) is 18.0 Å². The van der Waals surface area contributed by atoms with Gasteiger partial charge in [0.15, 0.2) is 0 Å². The Labute approximate surface area is 199 Å². The van der Waals surface area contributed by atoms with Crippen molar-refractivity contribution < 1.29 is 22.7 Å². The van der Waals surface area contributed by atoms with E-state index in [1.165, 1.54) is 29.2 Å². The fourth-order valence-corrected chi connectivity index (χ4v) is 3.93. The van der Waals surface area contributed by atoms with Crippen molar-refractivity contribution in [2.45, 2.75) is 45.0 Å². The molecular formula is C24H26F3N5O3. The number of hydrogen-bond donors (Lipinski definition) is 1. The second kappa shape index (κ2) is 8.86. The molecule has 3 heterocycles. The maximum absolute atomic E-state index is 13.0. The molecule has 0 bridgehead atoms. The Morgan fingerprint density at radius 2 is 1.83 bits per heavy atom. The van der Waals surface area contributed by atoms with Gasteiger partial charge in [0.05, 0.1) is 17.4 Å². The molecule has 1 N–H and O–H groups in total. The van der Waals surface area contributed by atoms with E-state index >= 15 is 0 Å². The van der Waals surface area contributed by atoms with Crippen molar-refractivity contribution in [1.82, 2.24) is 19.4 Å². The third-order valence-electron chi connectivity index (χ3n) is 5.65. The van der Waals surface area contributed by atoms with E-state index in [2.05, 4.69) is 15.3 Å². The first-order valence-corrected chi connectivity index (χ1v) is 11.1. The van der Waals surface area contributed by atoms with Crippen LogP contribution in [-0.4, -0.2) is 50.3 Å². The zero-order valence-electron chi connectivity index (χ0n) is 19.8. The molecule has 0 unspecified atom stereocenters. The minimum atomic E-state index is -4.45. The van der Waals surface area contributed by atoms with Gasteiger partial charge in [0.25, 0.3) is 5.56 Å². The van der Waals surface area contributed by atoms with E-state index in [0.717, 1.165) is 12.1 Å². The van der Waals surface area contributed by atoms with E-state index in [9.17, 15) is 22.8 Å². The largest absolute Gasteiger partial charge is 0.444 e. The molecule has 35 heavy (non-hydrogen) atoms. The van der Waals surface area contributed by atoms with Crippen molar-refractivity contribution in [3.05, 3.63) is 52.7 Å². The molecule has 1 aromatic carbocycles. The first kappa shape index (κ1) is 24.5. The number of pyridine rings is 1. The van der Waals surface area contributed by atoms with Gasteiger partial charge in [-0.2, -0.15) is 13.2 Å². The average Bonchev–Trinajstić information content (AvgIpc) is 3.23. The van der Waals surface area contributed by atoms with Crippen LogP contribution in [0.4, 0.5) is 23.8 Å².